The van der Waals surface area contributed by atoms with Crippen molar-refractivity contribution in [1.82, 2.24) is 5.32 Å². The third-order valence-electron chi connectivity index (χ3n) is 2.42. The van der Waals surface area contributed by atoms with Crippen LogP contribution in [0.5, 0.6) is 5.75 Å². The van der Waals surface area contributed by atoms with E-state index in [0.29, 0.717) is 19.7 Å². The minimum absolute atomic E-state index is 0.320. The maximum absolute atomic E-state index is 9.15. The fourth-order valence-electron chi connectivity index (χ4n) is 1.55. The number of azide groups is 1. The molecule has 0 saturated carbocycles. The van der Waals surface area contributed by atoms with Gasteiger partial charge in [-0.1, -0.05) is 24.2 Å². The van der Waals surface area contributed by atoms with Gasteiger partial charge < -0.3 is 4.74 Å². The molecule has 0 bridgehead atoms. The molecule has 1 unspecified atom stereocenters. The molecule has 0 spiro atoms. The van der Waals surface area contributed by atoms with Gasteiger partial charge in [-0.2, -0.15) is 5.26 Å². The van der Waals surface area contributed by atoms with Gasteiger partial charge in [0.25, 0.3) is 0 Å². The number of ether oxygens (including phenoxy) is 1. The van der Waals surface area contributed by atoms with E-state index < -0.39 is 6.04 Å². The van der Waals surface area contributed by atoms with E-state index in [-0.39, 0.29) is 0 Å². The SMILES string of the molecule is CCCOc1cccc(C(C#N)NCCN=[N+]=[N-])c1. The smallest absolute Gasteiger partial charge is 0.121 e. The fourth-order valence-corrected chi connectivity index (χ4v) is 1.55. The lowest BCUT2D eigenvalue weighted by molar-refractivity contribution is 0.317. The van der Waals surface area contributed by atoms with Crippen molar-refractivity contribution >= 4 is 0 Å². The molecule has 19 heavy (non-hydrogen) atoms. The summed E-state index contributed by atoms with van der Waals surface area (Å²) in [7, 11) is 0. The Morgan fingerprint density at radius 3 is 3.11 bits per heavy atom. The molecule has 0 aliphatic heterocycles. The van der Waals surface area contributed by atoms with Gasteiger partial charge in [0, 0.05) is 18.0 Å². The number of nitrogens with zero attached hydrogens (tertiary/aromatic N) is 4. The van der Waals surface area contributed by atoms with Crippen molar-refractivity contribution in [2.75, 3.05) is 19.7 Å². The fraction of sp³-hybridized carbons (Fsp3) is 0.462. The molecule has 0 aromatic heterocycles. The average Bonchev–Trinajstić information content (AvgIpc) is 2.45. The summed E-state index contributed by atoms with van der Waals surface area (Å²) in [5.74, 6) is 0.761. The van der Waals surface area contributed by atoms with Crippen LogP contribution in [0.15, 0.2) is 29.4 Å². The molecular formula is C13H17N5O. The lowest BCUT2D eigenvalue weighted by Gasteiger charge is -2.12. The van der Waals surface area contributed by atoms with Crippen LogP contribution >= 0.6 is 0 Å². The van der Waals surface area contributed by atoms with E-state index in [9.17, 15) is 0 Å². The highest BCUT2D eigenvalue weighted by Gasteiger charge is 2.09. The van der Waals surface area contributed by atoms with Crippen molar-refractivity contribution in [3.63, 3.8) is 0 Å². The number of nitrogens with one attached hydrogen (secondary N) is 1. The van der Waals surface area contributed by atoms with Gasteiger partial charge in [-0.15, -0.1) is 0 Å². The Bertz CT molecular complexity index is 476. The largest absolute Gasteiger partial charge is 0.494 e. The summed E-state index contributed by atoms with van der Waals surface area (Å²) >= 11 is 0. The van der Waals surface area contributed by atoms with Crippen molar-refractivity contribution in [1.29, 1.82) is 5.26 Å². The number of rotatable bonds is 8. The Kier molecular flexibility index (Phi) is 6.88. The number of benzene rings is 1. The number of nitriles is 1. The average molecular weight is 259 g/mol. The second-order valence-electron chi connectivity index (χ2n) is 3.89. The summed E-state index contributed by atoms with van der Waals surface area (Å²) in [5, 5.41) is 15.6. The van der Waals surface area contributed by atoms with Gasteiger partial charge in [-0.05, 0) is 29.6 Å². The predicted octanol–water partition coefficient (Wildman–Crippen LogP) is 2.94. The molecule has 1 atom stereocenters. The van der Waals surface area contributed by atoms with E-state index in [2.05, 4.69) is 21.4 Å². The van der Waals surface area contributed by atoms with E-state index in [1.165, 1.54) is 0 Å². The Morgan fingerprint density at radius 1 is 1.58 bits per heavy atom. The molecule has 6 heteroatoms. The second kappa shape index (κ2) is 8.81. The Balaban J connectivity index is 2.64. The van der Waals surface area contributed by atoms with Gasteiger partial charge in [0.2, 0.25) is 0 Å². The molecule has 0 amide bonds. The van der Waals surface area contributed by atoms with Crippen molar-refractivity contribution in [3.05, 3.63) is 40.3 Å². The zero-order valence-electron chi connectivity index (χ0n) is 10.9. The molecule has 0 heterocycles. The molecule has 1 aromatic rings. The maximum atomic E-state index is 9.15. The maximum Gasteiger partial charge on any atom is 0.121 e. The molecule has 1 aromatic carbocycles. The minimum atomic E-state index is -0.431. The van der Waals surface area contributed by atoms with Crippen LogP contribution < -0.4 is 10.1 Å². The molecule has 0 fully saturated rings. The van der Waals surface area contributed by atoms with E-state index in [1.54, 1.807) is 0 Å². The third-order valence-corrected chi connectivity index (χ3v) is 2.42. The van der Waals surface area contributed by atoms with Gasteiger partial charge in [0.15, 0.2) is 0 Å². The van der Waals surface area contributed by atoms with Gasteiger partial charge in [-0.25, -0.2) is 0 Å². The Hall–Kier alpha value is -2.22. The standard InChI is InChI=1S/C13H17N5O/c1-2-8-19-12-5-3-4-11(9-12)13(10-14)16-6-7-17-18-15/h3-5,9,13,16H,2,6-8H2,1H3. The summed E-state index contributed by atoms with van der Waals surface area (Å²) in [6.07, 6.45) is 0.941. The second-order valence-corrected chi connectivity index (χ2v) is 3.89. The Morgan fingerprint density at radius 2 is 2.42 bits per heavy atom. The van der Waals surface area contributed by atoms with Gasteiger partial charge in [0.1, 0.15) is 11.8 Å². The van der Waals surface area contributed by atoms with E-state index in [1.807, 2.05) is 31.2 Å². The topological polar surface area (TPSA) is 93.8 Å². The summed E-state index contributed by atoms with van der Waals surface area (Å²) in [5.41, 5.74) is 9.02. The first-order valence-electron chi connectivity index (χ1n) is 6.18. The first-order valence-corrected chi connectivity index (χ1v) is 6.18. The van der Waals surface area contributed by atoms with Crippen LogP contribution in [0.1, 0.15) is 24.9 Å². The molecule has 0 aliphatic rings. The quantitative estimate of drug-likeness (QED) is 0.336. The molecule has 0 saturated heterocycles. The zero-order chi connectivity index (χ0) is 13.9. The van der Waals surface area contributed by atoms with Crippen LogP contribution in [0, 0.1) is 11.3 Å². The number of hydrogen-bond acceptors (Lipinski definition) is 4. The van der Waals surface area contributed by atoms with Crippen LogP contribution in [0.4, 0.5) is 0 Å². The molecule has 1 N–H and O–H groups in total. The summed E-state index contributed by atoms with van der Waals surface area (Å²) in [6, 6.07) is 9.19. The zero-order valence-corrected chi connectivity index (χ0v) is 10.9. The van der Waals surface area contributed by atoms with Gasteiger partial charge in [0.05, 0.1) is 12.7 Å². The highest BCUT2D eigenvalue weighted by atomic mass is 16.5. The number of hydrogen-bond donors (Lipinski definition) is 1. The van der Waals surface area contributed by atoms with Crippen molar-refractivity contribution in [2.24, 2.45) is 5.11 Å². The summed E-state index contributed by atoms with van der Waals surface area (Å²) < 4.78 is 5.53. The van der Waals surface area contributed by atoms with Crippen LogP contribution in [0.2, 0.25) is 0 Å². The highest BCUT2D eigenvalue weighted by molar-refractivity contribution is 5.33. The lowest BCUT2D eigenvalue weighted by Crippen LogP contribution is -2.22. The first-order chi connectivity index (χ1) is 9.31. The highest BCUT2D eigenvalue weighted by Crippen LogP contribution is 2.19. The molecule has 100 valence electrons. The van der Waals surface area contributed by atoms with Crippen LogP contribution in [0.3, 0.4) is 0 Å². The normalized spacial score (nSPS) is 11.2. The van der Waals surface area contributed by atoms with Gasteiger partial charge >= 0.3 is 0 Å². The molecule has 6 nitrogen and oxygen atoms in total. The van der Waals surface area contributed by atoms with Crippen LogP contribution in [-0.2, 0) is 0 Å². The summed E-state index contributed by atoms with van der Waals surface area (Å²) in [6.45, 7) is 3.48. The predicted molar refractivity (Wildman–Crippen MR) is 72.6 cm³/mol. The Labute approximate surface area is 112 Å². The van der Waals surface area contributed by atoms with Crippen molar-refractivity contribution in [2.45, 2.75) is 19.4 Å². The first kappa shape index (κ1) is 14.8. The molecular weight excluding hydrogens is 242 g/mol. The summed E-state index contributed by atoms with van der Waals surface area (Å²) in [4.78, 5) is 2.66. The monoisotopic (exact) mass is 259 g/mol. The molecule has 0 aliphatic carbocycles. The van der Waals surface area contributed by atoms with E-state index in [0.717, 1.165) is 17.7 Å². The third kappa shape index (κ3) is 5.30. The van der Waals surface area contributed by atoms with Crippen LogP contribution in [-0.4, -0.2) is 19.7 Å². The van der Waals surface area contributed by atoms with E-state index in [4.69, 9.17) is 15.5 Å². The molecule has 0 radical (unpaired) electrons. The van der Waals surface area contributed by atoms with Gasteiger partial charge in [-0.3, -0.25) is 5.32 Å². The lowest BCUT2D eigenvalue weighted by atomic mass is 10.1. The van der Waals surface area contributed by atoms with Crippen LogP contribution in [0.25, 0.3) is 10.4 Å². The van der Waals surface area contributed by atoms with Crippen molar-refractivity contribution in [3.8, 4) is 11.8 Å². The van der Waals surface area contributed by atoms with E-state index >= 15 is 0 Å². The van der Waals surface area contributed by atoms with Crippen molar-refractivity contribution < 1.29 is 4.74 Å². The minimum Gasteiger partial charge on any atom is -0.494 e. The molecule has 1 rings (SSSR count).